The molecule has 1 saturated heterocycles. The Morgan fingerprint density at radius 1 is 1.48 bits per heavy atom. The molecule has 2 unspecified atom stereocenters. The molecule has 2 N–H and O–H groups in total. The zero-order chi connectivity index (χ0) is 15.7. The van der Waals surface area contributed by atoms with Crippen LogP contribution >= 0.6 is 0 Å². The quantitative estimate of drug-likeness (QED) is 0.841. The van der Waals surface area contributed by atoms with E-state index in [1.165, 1.54) is 7.11 Å². The fourth-order valence-electron chi connectivity index (χ4n) is 2.67. The van der Waals surface area contributed by atoms with Crippen LogP contribution in [0, 0.1) is 5.41 Å². The highest BCUT2D eigenvalue weighted by molar-refractivity contribution is 7.91. The maximum absolute atomic E-state index is 11.6. The minimum atomic E-state index is -3.36. The van der Waals surface area contributed by atoms with Gasteiger partial charge >= 0.3 is 5.97 Å². The van der Waals surface area contributed by atoms with Gasteiger partial charge in [0.25, 0.3) is 0 Å². The zero-order valence-corrected chi connectivity index (χ0v) is 12.5. The fraction of sp³-hybridized carbons (Fsp3) is 0.500. The van der Waals surface area contributed by atoms with Crippen molar-refractivity contribution < 1.29 is 28.2 Å². The van der Waals surface area contributed by atoms with Crippen LogP contribution in [0.15, 0.2) is 24.3 Å². The van der Waals surface area contributed by atoms with Crippen LogP contribution in [0.1, 0.15) is 24.5 Å². The Kier molecular flexibility index (Phi) is 4.25. The van der Waals surface area contributed by atoms with Gasteiger partial charge in [-0.2, -0.15) is 0 Å². The van der Waals surface area contributed by atoms with Crippen molar-refractivity contribution in [3.8, 4) is 5.75 Å². The van der Waals surface area contributed by atoms with Gasteiger partial charge in [-0.1, -0.05) is 12.1 Å². The largest absolute Gasteiger partial charge is 0.497 e. The molecule has 0 amide bonds. The highest BCUT2D eigenvalue weighted by atomic mass is 32.2. The molecule has 0 bridgehead atoms. The number of hydrogen-bond donors (Lipinski definition) is 2. The minimum Gasteiger partial charge on any atom is -0.497 e. The third-order valence-corrected chi connectivity index (χ3v) is 5.72. The van der Waals surface area contributed by atoms with Crippen molar-refractivity contribution in [2.75, 3.05) is 18.6 Å². The molecule has 1 heterocycles. The molecule has 7 heteroatoms. The van der Waals surface area contributed by atoms with Crippen LogP contribution < -0.4 is 4.74 Å². The average Bonchev–Trinajstić information content (AvgIpc) is 2.75. The van der Waals surface area contributed by atoms with Gasteiger partial charge in [0.15, 0.2) is 9.84 Å². The van der Waals surface area contributed by atoms with Crippen molar-refractivity contribution in [3.05, 3.63) is 29.8 Å². The number of aliphatic carboxylic acids is 1. The lowest BCUT2D eigenvalue weighted by Gasteiger charge is -2.25. The van der Waals surface area contributed by atoms with E-state index in [2.05, 4.69) is 0 Å². The van der Waals surface area contributed by atoms with Crippen LogP contribution in [-0.2, 0) is 14.6 Å². The number of aliphatic hydroxyl groups excluding tert-OH is 1. The molecule has 0 aromatic heterocycles. The highest BCUT2D eigenvalue weighted by Gasteiger charge is 2.49. The summed E-state index contributed by atoms with van der Waals surface area (Å²) in [7, 11) is -1.86. The Morgan fingerprint density at radius 3 is 2.71 bits per heavy atom. The number of aliphatic hydroxyl groups is 1. The molecule has 6 nitrogen and oxygen atoms in total. The summed E-state index contributed by atoms with van der Waals surface area (Å²) in [6.07, 6.45) is -1.15. The summed E-state index contributed by atoms with van der Waals surface area (Å²) in [6.45, 7) is 0. The molecule has 2 rings (SSSR count). The molecule has 1 aromatic rings. The number of benzene rings is 1. The van der Waals surface area contributed by atoms with Crippen molar-refractivity contribution in [2.24, 2.45) is 5.41 Å². The first-order chi connectivity index (χ1) is 9.78. The maximum Gasteiger partial charge on any atom is 0.310 e. The van der Waals surface area contributed by atoms with Crippen LogP contribution in [0.2, 0.25) is 0 Å². The average molecular weight is 314 g/mol. The number of ether oxygens (including phenoxy) is 1. The first-order valence-electron chi connectivity index (χ1n) is 6.54. The van der Waals surface area contributed by atoms with E-state index in [0.29, 0.717) is 11.3 Å². The second kappa shape index (κ2) is 5.65. The lowest BCUT2D eigenvalue weighted by Crippen LogP contribution is -2.34. The van der Waals surface area contributed by atoms with Crippen LogP contribution in [0.3, 0.4) is 0 Å². The number of carbonyl (C=O) groups is 1. The van der Waals surface area contributed by atoms with Gasteiger partial charge < -0.3 is 14.9 Å². The summed E-state index contributed by atoms with van der Waals surface area (Å²) >= 11 is 0. The standard InChI is InChI=1S/C14H18O6S/c1-20-11-4-2-3-10(7-11)12(15)8-14(13(16)17)5-6-21(18,19)9-14/h2-4,7,12,15H,5-6,8-9H2,1H3,(H,16,17). The normalized spacial score (nSPS) is 25.4. The molecule has 0 radical (unpaired) electrons. The van der Waals surface area contributed by atoms with E-state index in [0.717, 1.165) is 0 Å². The SMILES string of the molecule is COc1cccc(C(O)CC2(C(=O)O)CCS(=O)(=O)C2)c1. The fourth-order valence-corrected chi connectivity index (χ4v) is 4.74. The lowest BCUT2D eigenvalue weighted by atomic mass is 9.80. The predicted octanol–water partition coefficient (Wildman–Crippen LogP) is 1.01. The van der Waals surface area contributed by atoms with Gasteiger partial charge in [-0.3, -0.25) is 4.79 Å². The maximum atomic E-state index is 11.6. The first kappa shape index (κ1) is 15.8. The predicted molar refractivity (Wildman–Crippen MR) is 75.9 cm³/mol. The van der Waals surface area contributed by atoms with Gasteiger partial charge in [0.1, 0.15) is 5.75 Å². The molecular weight excluding hydrogens is 296 g/mol. The second-order valence-electron chi connectivity index (χ2n) is 5.42. The van der Waals surface area contributed by atoms with E-state index in [9.17, 15) is 23.4 Å². The molecular formula is C14H18O6S. The van der Waals surface area contributed by atoms with Gasteiger partial charge in [0.05, 0.1) is 30.1 Å². The number of methoxy groups -OCH3 is 1. The number of hydrogen-bond acceptors (Lipinski definition) is 5. The molecule has 1 aliphatic heterocycles. The third-order valence-electron chi connectivity index (χ3n) is 3.90. The molecule has 1 aromatic carbocycles. The van der Waals surface area contributed by atoms with Gasteiger partial charge in [-0.05, 0) is 30.5 Å². The number of rotatable bonds is 5. The van der Waals surface area contributed by atoms with E-state index in [-0.39, 0.29) is 18.6 Å². The van der Waals surface area contributed by atoms with Crippen LogP contribution in [0.5, 0.6) is 5.75 Å². The summed E-state index contributed by atoms with van der Waals surface area (Å²) in [5.41, 5.74) is -0.902. The summed E-state index contributed by atoms with van der Waals surface area (Å²) < 4.78 is 28.3. The van der Waals surface area contributed by atoms with Crippen molar-refractivity contribution in [3.63, 3.8) is 0 Å². The summed E-state index contributed by atoms with van der Waals surface area (Å²) in [5, 5.41) is 19.7. The minimum absolute atomic E-state index is 0.0334. The Bertz CT molecular complexity index is 639. The Balaban J connectivity index is 2.23. The molecule has 0 saturated carbocycles. The molecule has 1 fully saturated rings. The monoisotopic (exact) mass is 314 g/mol. The van der Waals surface area contributed by atoms with Gasteiger partial charge in [-0.15, -0.1) is 0 Å². The van der Waals surface area contributed by atoms with E-state index < -0.39 is 33.1 Å². The van der Waals surface area contributed by atoms with Crippen molar-refractivity contribution in [2.45, 2.75) is 18.9 Å². The second-order valence-corrected chi connectivity index (χ2v) is 7.61. The Morgan fingerprint density at radius 2 is 2.19 bits per heavy atom. The van der Waals surface area contributed by atoms with Crippen LogP contribution in [-0.4, -0.2) is 43.2 Å². The first-order valence-corrected chi connectivity index (χ1v) is 8.36. The molecule has 21 heavy (non-hydrogen) atoms. The van der Waals surface area contributed by atoms with Crippen LogP contribution in [0.25, 0.3) is 0 Å². The molecule has 1 aliphatic rings. The van der Waals surface area contributed by atoms with E-state index in [1.807, 2.05) is 0 Å². The molecule has 116 valence electrons. The summed E-state index contributed by atoms with van der Waals surface area (Å²) in [4.78, 5) is 11.5. The lowest BCUT2D eigenvalue weighted by molar-refractivity contribution is -0.149. The van der Waals surface area contributed by atoms with Crippen molar-refractivity contribution in [1.29, 1.82) is 0 Å². The third kappa shape index (κ3) is 3.36. The van der Waals surface area contributed by atoms with Crippen LogP contribution in [0.4, 0.5) is 0 Å². The van der Waals surface area contributed by atoms with E-state index >= 15 is 0 Å². The number of carboxylic acids is 1. The summed E-state index contributed by atoms with van der Waals surface area (Å²) in [6, 6.07) is 6.68. The number of carboxylic acid groups (broad SMARTS) is 1. The van der Waals surface area contributed by atoms with Crippen molar-refractivity contribution >= 4 is 15.8 Å². The number of sulfone groups is 1. The Hall–Kier alpha value is -1.60. The van der Waals surface area contributed by atoms with Gasteiger partial charge in [0, 0.05) is 0 Å². The molecule has 0 spiro atoms. The smallest absolute Gasteiger partial charge is 0.310 e. The van der Waals surface area contributed by atoms with Gasteiger partial charge in [0.2, 0.25) is 0 Å². The topological polar surface area (TPSA) is 101 Å². The van der Waals surface area contributed by atoms with Gasteiger partial charge in [-0.25, -0.2) is 8.42 Å². The molecule has 2 atom stereocenters. The molecule has 0 aliphatic carbocycles. The van der Waals surface area contributed by atoms with E-state index in [4.69, 9.17) is 4.74 Å². The van der Waals surface area contributed by atoms with E-state index in [1.54, 1.807) is 24.3 Å². The summed E-state index contributed by atoms with van der Waals surface area (Å²) in [5.74, 6) is -1.19. The van der Waals surface area contributed by atoms with Crippen molar-refractivity contribution in [1.82, 2.24) is 0 Å². The highest BCUT2D eigenvalue weighted by Crippen LogP contribution is 2.40. The Labute approximate surface area is 123 Å². The zero-order valence-electron chi connectivity index (χ0n) is 11.7.